The van der Waals surface area contributed by atoms with Crippen LogP contribution in [0, 0.1) is 0 Å². The Balaban J connectivity index is 1.77. The fraction of sp³-hybridized carbons (Fsp3) is 0.571. The summed E-state index contributed by atoms with van der Waals surface area (Å²) in [6, 6.07) is 5.67. The summed E-state index contributed by atoms with van der Waals surface area (Å²) in [6.07, 6.45) is 3.49. The molecule has 2 fully saturated rings. The van der Waals surface area contributed by atoms with Crippen LogP contribution < -0.4 is 0 Å². The Morgan fingerprint density at radius 1 is 1.39 bits per heavy atom. The SMILES string of the molecule is CCc1cccc(C(=O)N2CC3CCC(C2)O3)n1. The lowest BCUT2D eigenvalue weighted by molar-refractivity contribution is -0.0305. The third-order valence-corrected chi connectivity index (χ3v) is 3.72. The molecule has 0 spiro atoms. The van der Waals surface area contributed by atoms with Gasteiger partial charge in [-0.05, 0) is 31.4 Å². The minimum Gasteiger partial charge on any atom is -0.371 e. The molecule has 1 aromatic heterocycles. The van der Waals surface area contributed by atoms with E-state index in [4.69, 9.17) is 4.74 Å². The quantitative estimate of drug-likeness (QED) is 0.796. The fourth-order valence-corrected chi connectivity index (χ4v) is 2.74. The summed E-state index contributed by atoms with van der Waals surface area (Å²) in [6.45, 7) is 3.48. The van der Waals surface area contributed by atoms with E-state index in [1.165, 1.54) is 0 Å². The highest BCUT2D eigenvalue weighted by Crippen LogP contribution is 2.26. The number of hydrogen-bond donors (Lipinski definition) is 0. The summed E-state index contributed by atoms with van der Waals surface area (Å²) in [5.41, 5.74) is 1.53. The molecule has 0 aromatic carbocycles. The number of amides is 1. The van der Waals surface area contributed by atoms with Crippen LogP contribution in [0.2, 0.25) is 0 Å². The maximum Gasteiger partial charge on any atom is 0.272 e. The summed E-state index contributed by atoms with van der Waals surface area (Å²) in [5, 5.41) is 0. The van der Waals surface area contributed by atoms with Crippen molar-refractivity contribution in [3.8, 4) is 0 Å². The van der Waals surface area contributed by atoms with Gasteiger partial charge in [-0.2, -0.15) is 0 Å². The molecule has 2 aliphatic heterocycles. The van der Waals surface area contributed by atoms with E-state index in [1.54, 1.807) is 6.07 Å². The molecule has 3 rings (SSSR count). The molecule has 18 heavy (non-hydrogen) atoms. The molecule has 0 aliphatic carbocycles. The minimum atomic E-state index is 0.0468. The summed E-state index contributed by atoms with van der Waals surface area (Å²) in [5.74, 6) is 0.0468. The highest BCUT2D eigenvalue weighted by Gasteiger charge is 2.36. The van der Waals surface area contributed by atoms with Crippen molar-refractivity contribution in [2.75, 3.05) is 13.1 Å². The standard InChI is InChI=1S/C14H18N2O2/c1-2-10-4-3-5-13(15-10)14(17)16-8-11-6-7-12(9-16)18-11/h3-5,11-12H,2,6-9H2,1H3. The van der Waals surface area contributed by atoms with Crippen LogP contribution in [0.25, 0.3) is 0 Å². The smallest absolute Gasteiger partial charge is 0.272 e. The number of aromatic nitrogens is 1. The number of morpholine rings is 1. The molecule has 2 aliphatic rings. The number of rotatable bonds is 2. The Labute approximate surface area is 107 Å². The molecular formula is C14H18N2O2. The molecule has 2 saturated heterocycles. The molecular weight excluding hydrogens is 228 g/mol. The number of aryl methyl sites for hydroxylation is 1. The van der Waals surface area contributed by atoms with Gasteiger partial charge < -0.3 is 9.64 Å². The number of likely N-dealkylation sites (tertiary alicyclic amines) is 1. The zero-order chi connectivity index (χ0) is 12.5. The van der Waals surface area contributed by atoms with E-state index < -0.39 is 0 Å². The van der Waals surface area contributed by atoms with Crippen LogP contribution in [0.15, 0.2) is 18.2 Å². The van der Waals surface area contributed by atoms with E-state index >= 15 is 0 Å². The van der Waals surface area contributed by atoms with Gasteiger partial charge in [0, 0.05) is 18.8 Å². The lowest BCUT2D eigenvalue weighted by Crippen LogP contribution is -2.46. The van der Waals surface area contributed by atoms with E-state index in [2.05, 4.69) is 4.98 Å². The maximum absolute atomic E-state index is 12.4. The summed E-state index contributed by atoms with van der Waals surface area (Å²) < 4.78 is 5.74. The zero-order valence-corrected chi connectivity index (χ0v) is 10.6. The molecule has 4 nitrogen and oxygen atoms in total. The molecule has 1 amide bonds. The van der Waals surface area contributed by atoms with Gasteiger partial charge in [-0.15, -0.1) is 0 Å². The van der Waals surface area contributed by atoms with Crippen LogP contribution in [-0.4, -0.2) is 41.1 Å². The van der Waals surface area contributed by atoms with Crippen molar-refractivity contribution >= 4 is 5.91 Å². The van der Waals surface area contributed by atoms with Crippen molar-refractivity contribution in [3.63, 3.8) is 0 Å². The van der Waals surface area contributed by atoms with Crippen LogP contribution in [-0.2, 0) is 11.2 Å². The molecule has 2 atom stereocenters. The number of carbonyl (C=O) groups is 1. The van der Waals surface area contributed by atoms with Crippen molar-refractivity contribution in [1.82, 2.24) is 9.88 Å². The minimum absolute atomic E-state index is 0.0468. The average molecular weight is 246 g/mol. The lowest BCUT2D eigenvalue weighted by atomic mass is 10.2. The lowest BCUT2D eigenvalue weighted by Gasteiger charge is -2.31. The largest absolute Gasteiger partial charge is 0.371 e. The molecule has 0 radical (unpaired) electrons. The van der Waals surface area contributed by atoms with Gasteiger partial charge in [0.2, 0.25) is 0 Å². The number of pyridine rings is 1. The Kier molecular flexibility index (Phi) is 3.04. The second-order valence-electron chi connectivity index (χ2n) is 5.04. The average Bonchev–Trinajstić information content (AvgIpc) is 2.76. The predicted octanol–water partition coefficient (Wildman–Crippen LogP) is 1.65. The van der Waals surface area contributed by atoms with Gasteiger partial charge in [0.15, 0.2) is 0 Å². The van der Waals surface area contributed by atoms with Gasteiger partial charge in [0.1, 0.15) is 5.69 Å². The first-order chi connectivity index (χ1) is 8.76. The van der Waals surface area contributed by atoms with Gasteiger partial charge in [-0.1, -0.05) is 13.0 Å². The maximum atomic E-state index is 12.4. The van der Waals surface area contributed by atoms with Gasteiger partial charge in [-0.3, -0.25) is 4.79 Å². The highest BCUT2D eigenvalue weighted by molar-refractivity contribution is 5.92. The molecule has 3 heterocycles. The second kappa shape index (κ2) is 4.69. The van der Waals surface area contributed by atoms with Crippen LogP contribution in [0.4, 0.5) is 0 Å². The van der Waals surface area contributed by atoms with E-state index in [-0.39, 0.29) is 18.1 Å². The molecule has 0 saturated carbocycles. The Morgan fingerprint density at radius 3 is 2.78 bits per heavy atom. The normalized spacial score (nSPS) is 26.4. The van der Waals surface area contributed by atoms with E-state index in [9.17, 15) is 4.79 Å². The van der Waals surface area contributed by atoms with Gasteiger partial charge in [0.25, 0.3) is 5.91 Å². The zero-order valence-electron chi connectivity index (χ0n) is 10.6. The van der Waals surface area contributed by atoms with E-state index in [0.29, 0.717) is 18.8 Å². The number of nitrogens with zero attached hydrogens (tertiary/aromatic N) is 2. The third-order valence-electron chi connectivity index (χ3n) is 3.72. The second-order valence-corrected chi connectivity index (χ2v) is 5.04. The summed E-state index contributed by atoms with van der Waals surface area (Å²) in [7, 11) is 0. The summed E-state index contributed by atoms with van der Waals surface area (Å²) in [4.78, 5) is 18.7. The van der Waals surface area contributed by atoms with Crippen molar-refractivity contribution in [1.29, 1.82) is 0 Å². The number of hydrogen-bond acceptors (Lipinski definition) is 3. The number of carbonyl (C=O) groups excluding carboxylic acids is 1. The van der Waals surface area contributed by atoms with Crippen LogP contribution in [0.1, 0.15) is 35.9 Å². The molecule has 96 valence electrons. The van der Waals surface area contributed by atoms with Crippen molar-refractivity contribution in [3.05, 3.63) is 29.6 Å². The van der Waals surface area contributed by atoms with E-state index in [1.807, 2.05) is 24.0 Å². The Morgan fingerprint density at radius 2 is 2.11 bits per heavy atom. The van der Waals surface area contributed by atoms with Crippen LogP contribution in [0.3, 0.4) is 0 Å². The summed E-state index contributed by atoms with van der Waals surface area (Å²) >= 11 is 0. The first-order valence-electron chi connectivity index (χ1n) is 6.67. The highest BCUT2D eigenvalue weighted by atomic mass is 16.5. The molecule has 4 heteroatoms. The third kappa shape index (κ3) is 2.12. The fourth-order valence-electron chi connectivity index (χ4n) is 2.74. The topological polar surface area (TPSA) is 42.4 Å². The molecule has 2 bridgehead atoms. The molecule has 1 aromatic rings. The first kappa shape index (κ1) is 11.7. The monoisotopic (exact) mass is 246 g/mol. The van der Waals surface area contributed by atoms with Crippen LogP contribution >= 0.6 is 0 Å². The first-order valence-corrected chi connectivity index (χ1v) is 6.67. The van der Waals surface area contributed by atoms with Crippen LogP contribution in [0.5, 0.6) is 0 Å². The van der Waals surface area contributed by atoms with Crippen molar-refractivity contribution in [2.24, 2.45) is 0 Å². The van der Waals surface area contributed by atoms with Gasteiger partial charge in [0.05, 0.1) is 12.2 Å². The number of ether oxygens (including phenoxy) is 1. The molecule has 0 N–H and O–H groups in total. The Bertz CT molecular complexity index is 449. The van der Waals surface area contributed by atoms with Gasteiger partial charge >= 0.3 is 0 Å². The molecule has 2 unspecified atom stereocenters. The van der Waals surface area contributed by atoms with Crippen molar-refractivity contribution < 1.29 is 9.53 Å². The van der Waals surface area contributed by atoms with Crippen molar-refractivity contribution in [2.45, 2.75) is 38.4 Å². The van der Waals surface area contributed by atoms with E-state index in [0.717, 1.165) is 25.0 Å². The predicted molar refractivity (Wildman–Crippen MR) is 67.4 cm³/mol. The van der Waals surface area contributed by atoms with Gasteiger partial charge in [-0.25, -0.2) is 4.98 Å². The Hall–Kier alpha value is -1.42. The number of fused-ring (bicyclic) bond motifs is 2.